The first-order valence-electron chi connectivity index (χ1n) is 11.7. The average molecular weight is 429 g/mol. The van der Waals surface area contributed by atoms with Crippen molar-refractivity contribution in [1.29, 1.82) is 0 Å². The largest absolute Gasteiger partial charge is 0.103 e. The summed E-state index contributed by atoms with van der Waals surface area (Å²) in [6.07, 6.45) is 12.4. The third-order valence-corrected chi connectivity index (χ3v) is 12.9. The van der Waals surface area contributed by atoms with E-state index in [0.717, 1.165) is 6.42 Å². The quantitative estimate of drug-likeness (QED) is 0.331. The summed E-state index contributed by atoms with van der Waals surface area (Å²) in [6, 6.07) is 28.6. The van der Waals surface area contributed by atoms with E-state index in [9.17, 15) is 0 Å². The molecule has 2 atom stereocenters. The van der Waals surface area contributed by atoms with E-state index >= 15 is 0 Å². The Morgan fingerprint density at radius 1 is 0.812 bits per heavy atom. The third-order valence-electron chi connectivity index (χ3n) is 7.82. The fourth-order valence-corrected chi connectivity index (χ4v) is 11.9. The van der Waals surface area contributed by atoms with Crippen LogP contribution in [-0.4, -0.2) is 8.07 Å². The topological polar surface area (TPSA) is 0 Å². The zero-order valence-corrected chi connectivity index (χ0v) is 19.6. The Hall–Kier alpha value is -3.16. The van der Waals surface area contributed by atoms with E-state index in [1.165, 1.54) is 44.3 Å². The van der Waals surface area contributed by atoms with E-state index in [-0.39, 0.29) is 0 Å². The van der Waals surface area contributed by atoms with E-state index in [4.69, 9.17) is 0 Å². The molecule has 156 valence electrons. The minimum atomic E-state index is -2.03. The monoisotopic (exact) mass is 428 g/mol. The summed E-state index contributed by atoms with van der Waals surface area (Å²) in [7, 11) is -2.03. The molecule has 0 spiro atoms. The molecule has 0 radical (unpaired) electrons. The maximum absolute atomic E-state index is 4.11. The first kappa shape index (κ1) is 19.5. The van der Waals surface area contributed by atoms with Gasteiger partial charge in [0, 0.05) is 11.5 Å². The zero-order chi connectivity index (χ0) is 21.7. The van der Waals surface area contributed by atoms with Gasteiger partial charge in [-0.3, -0.25) is 0 Å². The number of benzene rings is 3. The van der Waals surface area contributed by atoms with Crippen molar-refractivity contribution in [2.24, 2.45) is 5.92 Å². The Labute approximate surface area is 191 Å². The molecule has 1 heteroatoms. The Balaban J connectivity index is 1.68. The van der Waals surface area contributed by atoms with Crippen molar-refractivity contribution < 1.29 is 0 Å². The van der Waals surface area contributed by atoms with Crippen LogP contribution in [0.5, 0.6) is 0 Å². The average Bonchev–Trinajstić information content (AvgIpc) is 3.37. The molecule has 0 nitrogen and oxygen atoms in total. The molecular weight excluding hydrogens is 400 g/mol. The lowest BCUT2D eigenvalue weighted by Crippen LogP contribution is -2.45. The molecule has 0 heterocycles. The fourth-order valence-electron chi connectivity index (χ4n) is 6.53. The number of hydrogen-bond donors (Lipinski definition) is 0. The van der Waals surface area contributed by atoms with Gasteiger partial charge < -0.3 is 0 Å². The third kappa shape index (κ3) is 2.67. The first-order valence-corrected chi connectivity index (χ1v) is 14.5. The highest BCUT2D eigenvalue weighted by molar-refractivity contribution is 6.96. The molecule has 0 aromatic heterocycles. The smallest absolute Gasteiger partial charge is 0.0930 e. The van der Waals surface area contributed by atoms with Gasteiger partial charge in [-0.2, -0.15) is 0 Å². The number of rotatable bonds is 5. The second-order valence-corrected chi connectivity index (χ2v) is 13.9. The van der Waals surface area contributed by atoms with E-state index < -0.39 is 8.07 Å². The van der Waals surface area contributed by atoms with Crippen LogP contribution >= 0.6 is 0 Å². The Kier molecular flexibility index (Phi) is 4.55. The van der Waals surface area contributed by atoms with Crippen LogP contribution in [0.2, 0.25) is 12.6 Å². The number of fused-ring (bicyclic) bond motifs is 5. The van der Waals surface area contributed by atoms with Crippen LogP contribution in [0.25, 0.3) is 21.9 Å². The Morgan fingerprint density at radius 3 is 2.12 bits per heavy atom. The predicted molar refractivity (Wildman–Crippen MR) is 139 cm³/mol. The lowest BCUT2D eigenvalue weighted by Gasteiger charge is -2.39. The normalized spacial score (nSPS) is 19.8. The highest BCUT2D eigenvalue weighted by Gasteiger charge is 2.48. The van der Waals surface area contributed by atoms with Gasteiger partial charge in [0.15, 0.2) is 0 Å². The lowest BCUT2D eigenvalue weighted by atomic mass is 9.97. The molecule has 0 N–H and O–H groups in total. The highest BCUT2D eigenvalue weighted by Crippen LogP contribution is 2.54. The van der Waals surface area contributed by atoms with Crippen LogP contribution in [0.4, 0.5) is 0 Å². The summed E-state index contributed by atoms with van der Waals surface area (Å²) >= 11 is 0. The molecule has 3 aromatic carbocycles. The minimum Gasteiger partial charge on any atom is -0.103 e. The van der Waals surface area contributed by atoms with Crippen molar-refractivity contribution in [2.45, 2.75) is 24.6 Å². The first-order chi connectivity index (χ1) is 15.7. The maximum atomic E-state index is 4.11. The summed E-state index contributed by atoms with van der Waals surface area (Å²) in [5, 5.41) is 4.64. The van der Waals surface area contributed by atoms with Crippen molar-refractivity contribution >= 4 is 18.8 Å². The van der Waals surface area contributed by atoms with Gasteiger partial charge in [-0.05, 0) is 50.7 Å². The molecule has 32 heavy (non-hydrogen) atoms. The van der Waals surface area contributed by atoms with E-state index in [1.807, 2.05) is 0 Å². The second-order valence-electron chi connectivity index (χ2n) is 9.49. The SMILES string of the molecule is C=CCC[Si](C)(C1=c2ccccc2=C2C=CC=CC21)C1c2ccccc2-c2ccccc21. The van der Waals surface area contributed by atoms with Crippen molar-refractivity contribution in [1.82, 2.24) is 0 Å². The van der Waals surface area contributed by atoms with Crippen LogP contribution in [0.1, 0.15) is 23.1 Å². The summed E-state index contributed by atoms with van der Waals surface area (Å²) in [5.74, 6) is 0.402. The predicted octanol–water partition coefficient (Wildman–Crippen LogP) is 6.29. The molecule has 3 aliphatic rings. The molecule has 3 aliphatic carbocycles. The molecule has 3 aromatic rings. The summed E-state index contributed by atoms with van der Waals surface area (Å²) in [4.78, 5) is 0. The highest BCUT2D eigenvalue weighted by atomic mass is 28.3. The van der Waals surface area contributed by atoms with Gasteiger partial charge in [0.25, 0.3) is 0 Å². The molecule has 6 rings (SSSR count). The summed E-state index contributed by atoms with van der Waals surface area (Å²) in [5.41, 5.74) is 7.87. The van der Waals surface area contributed by atoms with Crippen molar-refractivity contribution in [3.63, 3.8) is 0 Å². The van der Waals surface area contributed by atoms with E-state index in [2.05, 4.69) is 116 Å². The molecule has 2 unspecified atom stereocenters. The van der Waals surface area contributed by atoms with Gasteiger partial charge >= 0.3 is 0 Å². The lowest BCUT2D eigenvalue weighted by molar-refractivity contribution is 1.03. The van der Waals surface area contributed by atoms with Gasteiger partial charge in [-0.1, -0.05) is 115 Å². The fraction of sp³-hybridized carbons (Fsp3) is 0.161. The Morgan fingerprint density at radius 2 is 1.44 bits per heavy atom. The molecule has 0 saturated carbocycles. The number of allylic oxidation sites excluding steroid dienone is 5. The van der Waals surface area contributed by atoms with E-state index in [0.29, 0.717) is 11.5 Å². The summed E-state index contributed by atoms with van der Waals surface area (Å²) in [6.45, 7) is 6.77. The zero-order valence-electron chi connectivity index (χ0n) is 18.6. The van der Waals surface area contributed by atoms with Crippen LogP contribution in [0.15, 0.2) is 110 Å². The minimum absolute atomic E-state index is 0.402. The molecule has 0 saturated heterocycles. The molecule has 0 fully saturated rings. The summed E-state index contributed by atoms with van der Waals surface area (Å²) < 4.78 is 0. The molecule has 0 bridgehead atoms. The van der Waals surface area contributed by atoms with Crippen LogP contribution in [0.3, 0.4) is 0 Å². The molecular formula is C31H28Si. The van der Waals surface area contributed by atoms with Gasteiger partial charge in [-0.25, -0.2) is 0 Å². The van der Waals surface area contributed by atoms with Crippen molar-refractivity contribution in [3.05, 3.63) is 131 Å². The van der Waals surface area contributed by atoms with Crippen molar-refractivity contribution in [3.8, 4) is 11.1 Å². The van der Waals surface area contributed by atoms with Gasteiger partial charge in [0.2, 0.25) is 0 Å². The van der Waals surface area contributed by atoms with Gasteiger partial charge in [-0.15, -0.1) is 6.58 Å². The molecule has 0 aliphatic heterocycles. The van der Waals surface area contributed by atoms with Crippen LogP contribution in [-0.2, 0) is 0 Å². The molecule has 0 amide bonds. The van der Waals surface area contributed by atoms with Gasteiger partial charge in [0.1, 0.15) is 0 Å². The Bertz CT molecular complexity index is 1380. The standard InChI is InChI=1S/C31H28Si/c1-3-4-21-32(2,30-26-17-9-5-13-22(26)23-14-6-10-18-27(23)30)31-28-19-11-7-15-24(28)25-16-8-12-20-29(25)31/h3,5-20,26,31H,1,4,21H2,2H3. The van der Waals surface area contributed by atoms with Crippen LogP contribution < -0.4 is 10.4 Å². The van der Waals surface area contributed by atoms with Gasteiger partial charge in [0.05, 0.1) is 8.07 Å². The second kappa shape index (κ2) is 7.46. The van der Waals surface area contributed by atoms with E-state index in [1.54, 1.807) is 5.20 Å². The number of hydrogen-bond acceptors (Lipinski definition) is 0. The maximum Gasteiger partial charge on any atom is 0.0930 e. The van der Waals surface area contributed by atoms with Crippen LogP contribution in [0, 0.1) is 5.92 Å². The van der Waals surface area contributed by atoms with Crippen molar-refractivity contribution in [2.75, 3.05) is 0 Å².